The molecule has 17 heavy (non-hydrogen) atoms. The van der Waals surface area contributed by atoms with Crippen LogP contribution >= 0.6 is 0 Å². The van der Waals surface area contributed by atoms with E-state index in [0.29, 0.717) is 25.6 Å². The largest absolute Gasteiger partial charge is 0.330 e. The Morgan fingerprint density at radius 3 is 2.65 bits per heavy atom. The molecule has 0 aliphatic rings. The van der Waals surface area contributed by atoms with Gasteiger partial charge in [0.25, 0.3) is 0 Å². The minimum absolute atomic E-state index is 0.0649. The van der Waals surface area contributed by atoms with Crippen molar-refractivity contribution in [1.29, 1.82) is 0 Å². The highest BCUT2D eigenvalue weighted by atomic mass is 19.1. The number of nitrogens with one attached hydrogen (secondary N) is 1. The van der Waals surface area contributed by atoms with E-state index in [1.54, 1.807) is 0 Å². The van der Waals surface area contributed by atoms with Crippen molar-refractivity contribution >= 4 is 5.69 Å². The Morgan fingerprint density at radius 1 is 1.35 bits per heavy atom. The molecule has 0 spiro atoms. The molecule has 0 saturated heterocycles. The highest BCUT2D eigenvalue weighted by Crippen LogP contribution is 2.21. The van der Waals surface area contributed by atoms with Crippen LogP contribution in [0.5, 0.6) is 0 Å². The second kappa shape index (κ2) is 6.21. The van der Waals surface area contributed by atoms with Crippen molar-refractivity contribution < 1.29 is 13.7 Å². The molecule has 1 aromatic rings. The Hall–Kier alpha value is -1.60. The van der Waals surface area contributed by atoms with Gasteiger partial charge in [-0.25, -0.2) is 4.39 Å². The third-order valence-corrected chi connectivity index (χ3v) is 2.19. The molecule has 0 heterocycles. The lowest BCUT2D eigenvalue weighted by Gasteiger charge is -2.05. The number of nitrogens with zero attached hydrogens (tertiary/aromatic N) is 1. The van der Waals surface area contributed by atoms with Crippen LogP contribution in [-0.2, 0) is 6.54 Å². The van der Waals surface area contributed by atoms with Crippen LogP contribution in [0.15, 0.2) is 12.1 Å². The summed E-state index contributed by atoms with van der Waals surface area (Å²) in [6.45, 7) is 1.17. The SMILES string of the molecule is NCCCNCc1cc([N+](=O)[O-])c(F)cc1F. The van der Waals surface area contributed by atoms with E-state index in [1.165, 1.54) is 0 Å². The van der Waals surface area contributed by atoms with Crippen LogP contribution in [0.3, 0.4) is 0 Å². The molecule has 1 aromatic carbocycles. The fraction of sp³-hybridized carbons (Fsp3) is 0.400. The number of nitrogens with two attached hydrogens (primary N) is 1. The van der Waals surface area contributed by atoms with Gasteiger partial charge >= 0.3 is 5.69 Å². The van der Waals surface area contributed by atoms with E-state index in [9.17, 15) is 18.9 Å². The maximum atomic E-state index is 13.3. The second-order valence-electron chi connectivity index (χ2n) is 3.47. The van der Waals surface area contributed by atoms with E-state index in [-0.39, 0.29) is 12.1 Å². The molecule has 0 aliphatic carbocycles. The van der Waals surface area contributed by atoms with E-state index in [0.717, 1.165) is 6.07 Å². The van der Waals surface area contributed by atoms with Gasteiger partial charge in [-0.1, -0.05) is 0 Å². The lowest BCUT2D eigenvalue weighted by atomic mass is 10.1. The third-order valence-electron chi connectivity index (χ3n) is 2.19. The summed E-state index contributed by atoms with van der Waals surface area (Å²) in [5, 5.41) is 13.3. The van der Waals surface area contributed by atoms with E-state index in [2.05, 4.69) is 5.32 Å². The van der Waals surface area contributed by atoms with Gasteiger partial charge < -0.3 is 11.1 Å². The fourth-order valence-corrected chi connectivity index (χ4v) is 1.31. The predicted molar refractivity (Wildman–Crippen MR) is 58.4 cm³/mol. The highest BCUT2D eigenvalue weighted by molar-refractivity contribution is 5.37. The first-order valence-corrected chi connectivity index (χ1v) is 5.09. The van der Waals surface area contributed by atoms with Crippen molar-refractivity contribution in [2.75, 3.05) is 13.1 Å². The molecule has 0 aromatic heterocycles. The van der Waals surface area contributed by atoms with Crippen molar-refractivity contribution in [3.05, 3.63) is 39.4 Å². The standard InChI is InChI=1S/C10H13F2N3O2/c11-8-5-9(12)10(15(16)17)4-7(8)6-14-3-1-2-13/h4-5,14H,1-3,6,13H2. The zero-order valence-corrected chi connectivity index (χ0v) is 9.08. The van der Waals surface area contributed by atoms with Gasteiger partial charge in [0.05, 0.1) is 4.92 Å². The lowest BCUT2D eigenvalue weighted by molar-refractivity contribution is -0.387. The summed E-state index contributed by atoms with van der Waals surface area (Å²) in [5.74, 6) is -1.97. The first-order valence-electron chi connectivity index (χ1n) is 5.09. The number of halogens is 2. The van der Waals surface area contributed by atoms with Gasteiger partial charge in [-0.3, -0.25) is 10.1 Å². The number of benzene rings is 1. The molecule has 0 unspecified atom stereocenters. The van der Waals surface area contributed by atoms with Crippen LogP contribution in [0.2, 0.25) is 0 Å². The summed E-state index contributed by atoms with van der Waals surface area (Å²) >= 11 is 0. The lowest BCUT2D eigenvalue weighted by Crippen LogP contribution is -2.18. The van der Waals surface area contributed by atoms with E-state index >= 15 is 0 Å². The molecule has 7 heteroatoms. The van der Waals surface area contributed by atoms with Crippen molar-refractivity contribution in [2.45, 2.75) is 13.0 Å². The van der Waals surface area contributed by atoms with Crippen LogP contribution in [0.25, 0.3) is 0 Å². The second-order valence-corrected chi connectivity index (χ2v) is 3.47. The Kier molecular flexibility index (Phi) is 4.92. The summed E-state index contributed by atoms with van der Waals surface area (Å²) < 4.78 is 26.3. The summed E-state index contributed by atoms with van der Waals surface area (Å²) in [4.78, 5) is 9.59. The predicted octanol–water partition coefficient (Wildman–Crippen LogP) is 1.31. The Balaban J connectivity index is 2.77. The molecule has 94 valence electrons. The van der Waals surface area contributed by atoms with Gasteiger partial charge in [-0.05, 0) is 19.5 Å². The van der Waals surface area contributed by atoms with E-state index < -0.39 is 22.2 Å². The number of hydrogen-bond acceptors (Lipinski definition) is 4. The first-order chi connectivity index (χ1) is 8.06. The molecule has 0 atom stereocenters. The average molecular weight is 245 g/mol. The van der Waals surface area contributed by atoms with Gasteiger partial charge in [0.2, 0.25) is 5.82 Å². The number of rotatable bonds is 6. The van der Waals surface area contributed by atoms with Crippen molar-refractivity contribution in [1.82, 2.24) is 5.32 Å². The number of nitro benzene ring substituents is 1. The molecule has 0 bridgehead atoms. The first kappa shape index (κ1) is 13.5. The molecule has 0 amide bonds. The van der Waals surface area contributed by atoms with Gasteiger partial charge in [0.15, 0.2) is 0 Å². The third kappa shape index (κ3) is 3.72. The molecule has 0 saturated carbocycles. The van der Waals surface area contributed by atoms with Crippen LogP contribution in [0, 0.1) is 21.7 Å². The molecule has 5 nitrogen and oxygen atoms in total. The normalized spacial score (nSPS) is 10.5. The Morgan fingerprint density at radius 2 is 2.06 bits per heavy atom. The average Bonchev–Trinajstić information content (AvgIpc) is 2.26. The Bertz CT molecular complexity index is 413. The molecule has 0 aliphatic heterocycles. The number of hydrogen-bond donors (Lipinski definition) is 2. The molecule has 0 radical (unpaired) electrons. The zero-order valence-electron chi connectivity index (χ0n) is 9.08. The molecular formula is C10H13F2N3O2. The van der Waals surface area contributed by atoms with E-state index in [1.807, 2.05) is 0 Å². The van der Waals surface area contributed by atoms with Crippen LogP contribution in [-0.4, -0.2) is 18.0 Å². The molecule has 1 rings (SSSR count). The minimum atomic E-state index is -1.17. The quantitative estimate of drug-likeness (QED) is 0.450. The van der Waals surface area contributed by atoms with Crippen LogP contribution in [0.1, 0.15) is 12.0 Å². The molecule has 0 fully saturated rings. The zero-order chi connectivity index (χ0) is 12.8. The van der Waals surface area contributed by atoms with Crippen LogP contribution < -0.4 is 11.1 Å². The van der Waals surface area contributed by atoms with Gasteiger partial charge in [-0.15, -0.1) is 0 Å². The van der Waals surface area contributed by atoms with Crippen molar-refractivity contribution in [2.24, 2.45) is 5.73 Å². The van der Waals surface area contributed by atoms with Gasteiger partial charge in [0.1, 0.15) is 5.82 Å². The van der Waals surface area contributed by atoms with Gasteiger partial charge in [-0.2, -0.15) is 4.39 Å². The maximum Gasteiger partial charge on any atom is 0.305 e. The van der Waals surface area contributed by atoms with Gasteiger partial charge in [0, 0.05) is 24.2 Å². The fourth-order valence-electron chi connectivity index (χ4n) is 1.31. The summed E-state index contributed by atoms with van der Waals surface area (Å²) in [5.41, 5.74) is 4.61. The monoisotopic (exact) mass is 245 g/mol. The van der Waals surface area contributed by atoms with E-state index in [4.69, 9.17) is 5.73 Å². The van der Waals surface area contributed by atoms with Crippen molar-refractivity contribution in [3.63, 3.8) is 0 Å². The smallest absolute Gasteiger partial charge is 0.305 e. The Labute approximate surface area is 96.8 Å². The summed E-state index contributed by atoms with van der Waals surface area (Å²) in [6, 6.07) is 1.43. The van der Waals surface area contributed by atoms with Crippen LogP contribution in [0.4, 0.5) is 14.5 Å². The molecule has 3 N–H and O–H groups in total. The highest BCUT2D eigenvalue weighted by Gasteiger charge is 2.17. The summed E-state index contributed by atoms with van der Waals surface area (Å²) in [7, 11) is 0. The number of nitro groups is 1. The minimum Gasteiger partial charge on any atom is -0.330 e. The topological polar surface area (TPSA) is 81.2 Å². The van der Waals surface area contributed by atoms with Crippen molar-refractivity contribution in [3.8, 4) is 0 Å². The maximum absolute atomic E-state index is 13.3. The summed E-state index contributed by atoms with van der Waals surface area (Å²) in [6.07, 6.45) is 0.713. The molecular weight excluding hydrogens is 232 g/mol.